The Morgan fingerprint density at radius 2 is 2.17 bits per heavy atom. The van der Waals surface area contributed by atoms with Gasteiger partial charge in [0.25, 0.3) is 0 Å². The molecule has 0 bridgehead atoms. The maximum absolute atomic E-state index is 13.7. The average molecular weight is 273 g/mol. The Kier molecular flexibility index (Phi) is 4.95. The van der Waals surface area contributed by atoms with E-state index >= 15 is 0 Å². The summed E-state index contributed by atoms with van der Waals surface area (Å²) in [6.45, 7) is 1.49. The van der Waals surface area contributed by atoms with Crippen molar-refractivity contribution in [3.63, 3.8) is 0 Å². The summed E-state index contributed by atoms with van der Waals surface area (Å²) >= 11 is 6.04. The minimum Gasteiger partial charge on any atom is -0.381 e. The van der Waals surface area contributed by atoms with Gasteiger partial charge in [-0.05, 0) is 37.3 Å². The summed E-state index contributed by atoms with van der Waals surface area (Å²) < 4.78 is 19.1. The minimum absolute atomic E-state index is 0.0308. The molecular formula is C13H18ClFN2O. The molecule has 0 aromatic heterocycles. The zero-order valence-corrected chi connectivity index (χ0v) is 10.9. The maximum atomic E-state index is 13.7. The van der Waals surface area contributed by atoms with Gasteiger partial charge in [-0.1, -0.05) is 17.7 Å². The van der Waals surface area contributed by atoms with Gasteiger partial charge in [0, 0.05) is 29.8 Å². The van der Waals surface area contributed by atoms with E-state index in [0.29, 0.717) is 22.9 Å². The molecule has 1 saturated heterocycles. The van der Waals surface area contributed by atoms with Crippen molar-refractivity contribution < 1.29 is 9.13 Å². The van der Waals surface area contributed by atoms with Crippen molar-refractivity contribution in [2.24, 2.45) is 11.8 Å². The lowest BCUT2D eigenvalue weighted by Crippen LogP contribution is -2.44. The van der Waals surface area contributed by atoms with Crippen LogP contribution in [-0.4, -0.2) is 19.3 Å². The molecule has 0 radical (unpaired) electrons. The molecule has 1 atom stereocenters. The van der Waals surface area contributed by atoms with Crippen molar-refractivity contribution in [3.8, 4) is 0 Å². The molecule has 1 aromatic rings. The second-order valence-electron chi connectivity index (χ2n) is 4.63. The number of hydrazine groups is 1. The van der Waals surface area contributed by atoms with Crippen molar-refractivity contribution in [1.82, 2.24) is 5.43 Å². The molecule has 0 spiro atoms. The Morgan fingerprint density at radius 1 is 1.44 bits per heavy atom. The van der Waals surface area contributed by atoms with Crippen LogP contribution >= 0.6 is 11.6 Å². The zero-order valence-electron chi connectivity index (χ0n) is 10.2. The smallest absolute Gasteiger partial charge is 0.127 e. The molecule has 1 aliphatic rings. The van der Waals surface area contributed by atoms with Gasteiger partial charge >= 0.3 is 0 Å². The van der Waals surface area contributed by atoms with Crippen LogP contribution < -0.4 is 11.3 Å². The van der Waals surface area contributed by atoms with E-state index in [9.17, 15) is 4.39 Å². The summed E-state index contributed by atoms with van der Waals surface area (Å²) in [5.74, 6) is 5.73. The largest absolute Gasteiger partial charge is 0.381 e. The molecule has 2 rings (SSSR count). The van der Waals surface area contributed by atoms with Gasteiger partial charge in [-0.15, -0.1) is 0 Å². The van der Waals surface area contributed by atoms with Crippen LogP contribution in [0.3, 0.4) is 0 Å². The molecule has 1 aromatic carbocycles. The SMILES string of the molecule is NNC(Cc1c(F)cccc1Cl)C1CCOCC1. The topological polar surface area (TPSA) is 47.3 Å². The Labute approximate surface area is 111 Å². The number of nitrogens with two attached hydrogens (primary N) is 1. The fourth-order valence-corrected chi connectivity index (χ4v) is 2.67. The highest BCUT2D eigenvalue weighted by Gasteiger charge is 2.25. The average Bonchev–Trinajstić information content (AvgIpc) is 2.40. The van der Waals surface area contributed by atoms with Gasteiger partial charge < -0.3 is 4.74 Å². The number of nitrogens with one attached hydrogen (secondary N) is 1. The Morgan fingerprint density at radius 3 is 2.78 bits per heavy atom. The normalized spacial score (nSPS) is 18.8. The number of rotatable bonds is 4. The van der Waals surface area contributed by atoms with Gasteiger partial charge in [0.1, 0.15) is 5.82 Å². The number of hydrogen-bond acceptors (Lipinski definition) is 3. The quantitative estimate of drug-likeness (QED) is 0.653. The van der Waals surface area contributed by atoms with Crippen LogP contribution in [-0.2, 0) is 11.2 Å². The van der Waals surface area contributed by atoms with Crippen molar-refractivity contribution >= 4 is 11.6 Å². The van der Waals surface area contributed by atoms with E-state index in [1.54, 1.807) is 12.1 Å². The van der Waals surface area contributed by atoms with Crippen molar-refractivity contribution in [2.75, 3.05) is 13.2 Å². The second kappa shape index (κ2) is 6.48. The number of benzene rings is 1. The molecule has 3 nitrogen and oxygen atoms in total. The number of ether oxygens (including phenoxy) is 1. The standard InChI is InChI=1S/C13H18ClFN2O/c14-11-2-1-3-12(15)10(11)8-13(17-16)9-4-6-18-7-5-9/h1-3,9,13,17H,4-8,16H2. The summed E-state index contributed by atoms with van der Waals surface area (Å²) in [6.07, 6.45) is 2.40. The van der Waals surface area contributed by atoms with E-state index in [-0.39, 0.29) is 11.9 Å². The van der Waals surface area contributed by atoms with E-state index in [1.165, 1.54) is 6.07 Å². The lowest BCUT2D eigenvalue weighted by molar-refractivity contribution is 0.0537. The van der Waals surface area contributed by atoms with Crippen LogP contribution in [0.4, 0.5) is 4.39 Å². The lowest BCUT2D eigenvalue weighted by Gasteiger charge is -2.30. The van der Waals surface area contributed by atoms with Crippen molar-refractivity contribution in [2.45, 2.75) is 25.3 Å². The molecule has 18 heavy (non-hydrogen) atoms. The van der Waals surface area contributed by atoms with Gasteiger partial charge in [0.05, 0.1) is 0 Å². The van der Waals surface area contributed by atoms with Crippen LogP contribution in [0.2, 0.25) is 5.02 Å². The van der Waals surface area contributed by atoms with E-state index in [2.05, 4.69) is 5.43 Å². The summed E-state index contributed by atoms with van der Waals surface area (Å²) in [7, 11) is 0. The van der Waals surface area contributed by atoms with E-state index in [4.69, 9.17) is 22.2 Å². The lowest BCUT2D eigenvalue weighted by atomic mass is 9.88. The predicted molar refractivity (Wildman–Crippen MR) is 69.8 cm³/mol. The molecule has 5 heteroatoms. The molecule has 0 aliphatic carbocycles. The van der Waals surface area contributed by atoms with Crippen LogP contribution in [0.1, 0.15) is 18.4 Å². The molecular weight excluding hydrogens is 255 g/mol. The second-order valence-corrected chi connectivity index (χ2v) is 5.03. The van der Waals surface area contributed by atoms with Crippen LogP contribution in [0.5, 0.6) is 0 Å². The Balaban J connectivity index is 2.09. The van der Waals surface area contributed by atoms with Gasteiger partial charge in [-0.25, -0.2) is 4.39 Å². The third-order valence-corrected chi connectivity index (χ3v) is 3.89. The first-order chi connectivity index (χ1) is 8.72. The third-order valence-electron chi connectivity index (χ3n) is 3.53. The maximum Gasteiger partial charge on any atom is 0.127 e. The van der Waals surface area contributed by atoms with Crippen LogP contribution in [0.15, 0.2) is 18.2 Å². The number of halogens is 2. The first-order valence-corrected chi connectivity index (χ1v) is 6.57. The fourth-order valence-electron chi connectivity index (χ4n) is 2.43. The third kappa shape index (κ3) is 3.20. The molecule has 1 aliphatic heterocycles. The van der Waals surface area contributed by atoms with Crippen molar-refractivity contribution in [3.05, 3.63) is 34.6 Å². The van der Waals surface area contributed by atoms with E-state index < -0.39 is 0 Å². The van der Waals surface area contributed by atoms with Gasteiger partial charge in [0.2, 0.25) is 0 Å². The van der Waals surface area contributed by atoms with E-state index in [0.717, 1.165) is 26.1 Å². The van der Waals surface area contributed by atoms with Crippen LogP contribution in [0, 0.1) is 11.7 Å². The monoisotopic (exact) mass is 272 g/mol. The summed E-state index contributed by atoms with van der Waals surface area (Å²) in [6, 6.07) is 4.78. The summed E-state index contributed by atoms with van der Waals surface area (Å²) in [4.78, 5) is 0. The fraction of sp³-hybridized carbons (Fsp3) is 0.538. The minimum atomic E-state index is -0.269. The molecule has 0 saturated carbocycles. The highest BCUT2D eigenvalue weighted by Crippen LogP contribution is 2.25. The van der Waals surface area contributed by atoms with Gasteiger partial charge in [-0.2, -0.15) is 0 Å². The summed E-state index contributed by atoms with van der Waals surface area (Å²) in [5, 5.41) is 0.460. The van der Waals surface area contributed by atoms with Crippen molar-refractivity contribution in [1.29, 1.82) is 0 Å². The Hall–Kier alpha value is -0.680. The van der Waals surface area contributed by atoms with Gasteiger partial charge in [-0.3, -0.25) is 11.3 Å². The molecule has 1 heterocycles. The zero-order chi connectivity index (χ0) is 13.0. The van der Waals surface area contributed by atoms with Gasteiger partial charge in [0.15, 0.2) is 0 Å². The predicted octanol–water partition coefficient (Wildman–Crippen LogP) is 2.28. The Bertz CT molecular complexity index is 376. The molecule has 1 unspecified atom stereocenters. The molecule has 1 fully saturated rings. The highest BCUT2D eigenvalue weighted by atomic mass is 35.5. The highest BCUT2D eigenvalue weighted by molar-refractivity contribution is 6.31. The molecule has 100 valence electrons. The first kappa shape index (κ1) is 13.7. The molecule has 0 amide bonds. The summed E-state index contributed by atoms with van der Waals surface area (Å²) in [5.41, 5.74) is 3.33. The molecule has 3 N–H and O–H groups in total. The van der Waals surface area contributed by atoms with Crippen LogP contribution in [0.25, 0.3) is 0 Å². The first-order valence-electron chi connectivity index (χ1n) is 6.19. The number of hydrogen-bond donors (Lipinski definition) is 2. The van der Waals surface area contributed by atoms with E-state index in [1.807, 2.05) is 0 Å².